The van der Waals surface area contributed by atoms with Crippen molar-refractivity contribution in [1.29, 1.82) is 0 Å². The number of rotatable bonds is 4. The molecule has 0 aliphatic heterocycles. The molecule has 0 spiro atoms. The van der Waals surface area contributed by atoms with Gasteiger partial charge in [0.25, 0.3) is 10.0 Å². The SMILES string of the molecule is CC(C)NC(=O)C(=O)NNS(=O)(=O)c1ccc(Br)cc1Cl. The smallest absolute Gasteiger partial charge is 0.324 e. The van der Waals surface area contributed by atoms with Crippen LogP contribution in [0.15, 0.2) is 27.6 Å². The summed E-state index contributed by atoms with van der Waals surface area (Å²) in [6.07, 6.45) is 0. The fourth-order valence-electron chi connectivity index (χ4n) is 1.25. The predicted molar refractivity (Wildman–Crippen MR) is 80.9 cm³/mol. The Morgan fingerprint density at radius 3 is 2.38 bits per heavy atom. The molecule has 7 nitrogen and oxygen atoms in total. The second kappa shape index (κ2) is 7.21. The van der Waals surface area contributed by atoms with Crippen molar-refractivity contribution in [3.8, 4) is 0 Å². The maximum atomic E-state index is 12.0. The molecule has 0 aliphatic rings. The third kappa shape index (κ3) is 5.27. The number of hydrazine groups is 1. The van der Waals surface area contributed by atoms with Crippen molar-refractivity contribution in [2.75, 3.05) is 0 Å². The molecule has 1 rings (SSSR count). The summed E-state index contributed by atoms with van der Waals surface area (Å²) in [6, 6.07) is 3.88. The van der Waals surface area contributed by atoms with Gasteiger partial charge in [-0.25, -0.2) is 8.42 Å². The second-order valence-corrected chi connectivity index (χ2v) is 7.24. The summed E-state index contributed by atoms with van der Waals surface area (Å²) in [7, 11) is -4.08. The molecule has 0 fully saturated rings. The zero-order valence-electron chi connectivity index (χ0n) is 11.1. The van der Waals surface area contributed by atoms with Gasteiger partial charge >= 0.3 is 11.8 Å². The predicted octanol–water partition coefficient (Wildman–Crippen LogP) is 0.937. The number of benzene rings is 1. The molecule has 0 unspecified atom stereocenters. The third-order valence-electron chi connectivity index (χ3n) is 2.11. The minimum Gasteiger partial charge on any atom is -0.346 e. The molecule has 0 aliphatic carbocycles. The van der Waals surface area contributed by atoms with E-state index in [0.717, 1.165) is 0 Å². The number of hydrogen-bond acceptors (Lipinski definition) is 4. The van der Waals surface area contributed by atoms with E-state index in [9.17, 15) is 18.0 Å². The molecule has 2 amide bonds. The number of hydrogen-bond donors (Lipinski definition) is 3. The zero-order chi connectivity index (χ0) is 16.2. The van der Waals surface area contributed by atoms with Gasteiger partial charge < -0.3 is 5.32 Å². The van der Waals surface area contributed by atoms with Gasteiger partial charge in [-0.1, -0.05) is 27.5 Å². The van der Waals surface area contributed by atoms with E-state index >= 15 is 0 Å². The van der Waals surface area contributed by atoms with Crippen LogP contribution in [0.2, 0.25) is 5.02 Å². The first kappa shape index (κ1) is 17.9. The van der Waals surface area contributed by atoms with Crippen molar-refractivity contribution < 1.29 is 18.0 Å². The maximum Gasteiger partial charge on any atom is 0.324 e. The van der Waals surface area contributed by atoms with E-state index in [-0.39, 0.29) is 16.0 Å². The quantitative estimate of drug-likeness (QED) is 0.518. The highest BCUT2D eigenvalue weighted by Gasteiger charge is 2.21. The van der Waals surface area contributed by atoms with E-state index in [0.29, 0.717) is 4.47 Å². The van der Waals surface area contributed by atoms with Crippen LogP contribution in [0.4, 0.5) is 0 Å². The molecule has 21 heavy (non-hydrogen) atoms. The normalized spacial score (nSPS) is 11.3. The number of carbonyl (C=O) groups is 2. The van der Waals surface area contributed by atoms with Crippen molar-refractivity contribution >= 4 is 49.4 Å². The van der Waals surface area contributed by atoms with Crippen molar-refractivity contribution in [2.45, 2.75) is 24.8 Å². The summed E-state index contributed by atoms with van der Waals surface area (Å²) < 4.78 is 24.5. The number of nitrogens with one attached hydrogen (secondary N) is 3. The van der Waals surface area contributed by atoms with Crippen LogP contribution in [0.1, 0.15) is 13.8 Å². The summed E-state index contributed by atoms with van der Waals surface area (Å²) in [5, 5.41) is 2.29. The van der Waals surface area contributed by atoms with Crippen LogP contribution in [0.25, 0.3) is 0 Å². The molecular formula is C11H13BrClN3O4S. The van der Waals surface area contributed by atoms with Crippen LogP contribution in [0.3, 0.4) is 0 Å². The Bertz CT molecular complexity index is 663. The molecule has 0 saturated heterocycles. The molecule has 0 bridgehead atoms. The van der Waals surface area contributed by atoms with E-state index in [4.69, 9.17) is 11.6 Å². The number of amides is 2. The Morgan fingerprint density at radius 2 is 1.86 bits per heavy atom. The van der Waals surface area contributed by atoms with E-state index < -0.39 is 21.8 Å². The van der Waals surface area contributed by atoms with E-state index in [1.807, 2.05) is 5.43 Å². The Hall–Kier alpha value is -1.16. The van der Waals surface area contributed by atoms with Gasteiger partial charge in [0.2, 0.25) is 0 Å². The van der Waals surface area contributed by atoms with Gasteiger partial charge in [-0.3, -0.25) is 15.0 Å². The van der Waals surface area contributed by atoms with Crippen LogP contribution in [0, 0.1) is 0 Å². The first-order valence-electron chi connectivity index (χ1n) is 5.71. The average Bonchev–Trinajstić information content (AvgIpc) is 2.34. The van der Waals surface area contributed by atoms with Crippen molar-refractivity contribution in [3.05, 3.63) is 27.7 Å². The van der Waals surface area contributed by atoms with Gasteiger partial charge in [0.1, 0.15) is 4.90 Å². The van der Waals surface area contributed by atoms with Gasteiger partial charge in [0.15, 0.2) is 0 Å². The summed E-state index contributed by atoms with van der Waals surface area (Å²) in [4.78, 5) is 24.3. The molecule has 116 valence electrons. The molecule has 0 saturated carbocycles. The molecule has 1 aromatic rings. The molecule has 3 N–H and O–H groups in total. The summed E-state index contributed by atoms with van der Waals surface area (Å²) in [6.45, 7) is 3.33. The number of carbonyl (C=O) groups excluding carboxylic acids is 2. The first-order chi connectivity index (χ1) is 9.63. The molecule has 0 atom stereocenters. The summed E-state index contributed by atoms with van der Waals surface area (Å²) >= 11 is 8.96. The second-order valence-electron chi connectivity index (χ2n) is 4.26. The molecule has 0 heterocycles. The molecule has 10 heteroatoms. The molecule has 1 aromatic carbocycles. The number of halogens is 2. The van der Waals surface area contributed by atoms with E-state index in [1.165, 1.54) is 18.2 Å². The van der Waals surface area contributed by atoms with Crippen LogP contribution >= 0.6 is 27.5 Å². The highest BCUT2D eigenvalue weighted by molar-refractivity contribution is 9.10. The lowest BCUT2D eigenvalue weighted by Crippen LogP contribution is -2.49. The van der Waals surface area contributed by atoms with Crippen LogP contribution in [-0.2, 0) is 19.6 Å². The standard InChI is InChI=1S/C11H13BrClN3O4S/c1-6(2)14-10(17)11(18)15-16-21(19,20)9-4-3-7(12)5-8(9)13/h3-6,16H,1-2H3,(H,14,17)(H,15,18). The topological polar surface area (TPSA) is 104 Å². The Labute approximate surface area is 135 Å². The van der Waals surface area contributed by atoms with Crippen molar-refractivity contribution in [1.82, 2.24) is 15.6 Å². The Morgan fingerprint density at radius 1 is 1.24 bits per heavy atom. The van der Waals surface area contributed by atoms with Crippen molar-refractivity contribution in [3.63, 3.8) is 0 Å². The Kier molecular flexibility index (Phi) is 6.14. The highest BCUT2D eigenvalue weighted by atomic mass is 79.9. The van der Waals surface area contributed by atoms with Gasteiger partial charge in [-0.2, -0.15) is 0 Å². The largest absolute Gasteiger partial charge is 0.346 e. The summed E-state index contributed by atoms with van der Waals surface area (Å²) in [5.74, 6) is -2.07. The lowest BCUT2D eigenvalue weighted by molar-refractivity contribution is -0.139. The fourth-order valence-corrected chi connectivity index (χ4v) is 3.12. The maximum absolute atomic E-state index is 12.0. The third-order valence-corrected chi connectivity index (χ3v) is 4.33. The minimum absolute atomic E-state index is 0.0299. The zero-order valence-corrected chi connectivity index (χ0v) is 14.3. The monoisotopic (exact) mass is 397 g/mol. The van der Waals surface area contributed by atoms with E-state index in [1.54, 1.807) is 18.7 Å². The molecule has 0 aromatic heterocycles. The lowest BCUT2D eigenvalue weighted by atomic mass is 10.4. The van der Waals surface area contributed by atoms with Gasteiger partial charge in [-0.05, 0) is 32.0 Å². The minimum atomic E-state index is -4.08. The highest BCUT2D eigenvalue weighted by Crippen LogP contribution is 2.24. The average molecular weight is 399 g/mol. The van der Waals surface area contributed by atoms with Crippen LogP contribution < -0.4 is 15.6 Å². The van der Waals surface area contributed by atoms with Crippen LogP contribution in [-0.4, -0.2) is 26.3 Å². The van der Waals surface area contributed by atoms with Gasteiger partial charge in [-0.15, -0.1) is 4.83 Å². The number of sulfonamides is 1. The molecular weight excluding hydrogens is 386 g/mol. The van der Waals surface area contributed by atoms with Crippen molar-refractivity contribution in [2.24, 2.45) is 0 Å². The van der Waals surface area contributed by atoms with Gasteiger partial charge in [0, 0.05) is 10.5 Å². The fraction of sp³-hybridized carbons (Fsp3) is 0.273. The van der Waals surface area contributed by atoms with Gasteiger partial charge in [0.05, 0.1) is 5.02 Å². The summed E-state index contributed by atoms with van der Waals surface area (Å²) in [5.41, 5.74) is 1.81. The van der Waals surface area contributed by atoms with Crippen LogP contribution in [0.5, 0.6) is 0 Å². The Balaban J connectivity index is 2.78. The van der Waals surface area contributed by atoms with E-state index in [2.05, 4.69) is 21.2 Å². The lowest BCUT2D eigenvalue weighted by Gasteiger charge is -2.11. The molecule has 0 radical (unpaired) electrons. The first-order valence-corrected chi connectivity index (χ1v) is 8.36.